The van der Waals surface area contributed by atoms with Crippen LogP contribution in [0.25, 0.3) is 0 Å². The van der Waals surface area contributed by atoms with Crippen molar-refractivity contribution in [2.75, 3.05) is 19.7 Å². The van der Waals surface area contributed by atoms with Crippen molar-refractivity contribution in [2.45, 2.75) is 30.9 Å². The van der Waals surface area contributed by atoms with Gasteiger partial charge in [0.15, 0.2) is 6.61 Å². The van der Waals surface area contributed by atoms with E-state index < -0.39 is 28.1 Å². The Labute approximate surface area is 168 Å². The van der Waals surface area contributed by atoms with Gasteiger partial charge in [-0.1, -0.05) is 18.2 Å². The van der Waals surface area contributed by atoms with Gasteiger partial charge in [0.1, 0.15) is 16.7 Å². The predicted octanol–water partition coefficient (Wildman–Crippen LogP) is 2.40. The van der Waals surface area contributed by atoms with Crippen LogP contribution in [0, 0.1) is 5.92 Å². The van der Waals surface area contributed by atoms with E-state index in [1.807, 2.05) is 0 Å². The van der Waals surface area contributed by atoms with Gasteiger partial charge in [0.05, 0.1) is 22.7 Å². The molecule has 0 radical (unpaired) electrons. The quantitative estimate of drug-likeness (QED) is 0.778. The lowest BCUT2D eigenvalue weighted by molar-refractivity contribution is -0.154. The van der Waals surface area contributed by atoms with Crippen LogP contribution < -0.4 is 4.74 Å². The molecule has 2 aliphatic heterocycles. The van der Waals surface area contributed by atoms with Crippen molar-refractivity contribution in [3.8, 4) is 5.75 Å². The molecule has 1 aromatic rings. The Morgan fingerprint density at radius 2 is 2.03 bits per heavy atom. The highest BCUT2D eigenvalue weighted by Crippen LogP contribution is 2.34. The van der Waals surface area contributed by atoms with Gasteiger partial charge >= 0.3 is 6.18 Å². The third-order valence-corrected chi connectivity index (χ3v) is 6.64. The molecule has 10 heteroatoms. The molecule has 2 aliphatic rings. The number of benzene rings is 1. The number of hydrogen-bond donors (Lipinski definition) is 1. The summed E-state index contributed by atoms with van der Waals surface area (Å²) in [5, 5.41) is 8.07. The number of aliphatic hydroxyl groups excluding tert-OH is 1. The summed E-state index contributed by atoms with van der Waals surface area (Å²) in [5.74, 6) is -1.71. The fourth-order valence-corrected chi connectivity index (χ4v) is 4.86. The highest BCUT2D eigenvalue weighted by atomic mass is 32.2. The molecule has 1 N–H and O–H groups in total. The lowest BCUT2D eigenvalue weighted by atomic mass is 10.1. The number of rotatable bonds is 5. The number of nitrogens with zero attached hydrogens (tertiary/aromatic N) is 2. The van der Waals surface area contributed by atoms with E-state index in [-0.39, 0.29) is 37.1 Å². The molecule has 1 amide bonds. The smallest absolute Gasteiger partial charge is 0.398 e. The Morgan fingerprint density at radius 1 is 1.31 bits per heavy atom. The normalized spacial score (nSPS) is 23.0. The molecule has 0 aliphatic carbocycles. The van der Waals surface area contributed by atoms with Crippen LogP contribution in [0.1, 0.15) is 18.4 Å². The standard InChI is InChI=1S/C19H21F3N2O4S/c20-19(21,22)16-2-1-8-23-18(16)29(27)15-7-9-24(10-15)17(26)12-28-14-5-3-13(11-25)4-6-14/h1,3-6,8,15-16,25H,2,7,9-12H2/t15-,16?,29-/m1/s1. The summed E-state index contributed by atoms with van der Waals surface area (Å²) >= 11 is 0. The third-order valence-electron chi connectivity index (χ3n) is 4.85. The Bertz CT molecular complexity index is 824. The number of carbonyl (C=O) groups excluding carboxylic acids is 1. The molecule has 0 bridgehead atoms. The van der Waals surface area contributed by atoms with E-state index in [4.69, 9.17) is 9.84 Å². The topological polar surface area (TPSA) is 79.2 Å². The van der Waals surface area contributed by atoms with Crippen LogP contribution in [-0.4, -0.2) is 56.3 Å². The van der Waals surface area contributed by atoms with Crippen molar-refractivity contribution in [1.82, 2.24) is 4.90 Å². The van der Waals surface area contributed by atoms with E-state index >= 15 is 0 Å². The predicted molar refractivity (Wildman–Crippen MR) is 102 cm³/mol. The molecule has 1 fully saturated rings. The number of aliphatic hydroxyl groups is 1. The number of alkyl halides is 3. The summed E-state index contributed by atoms with van der Waals surface area (Å²) in [6.45, 7) is 0.0852. The van der Waals surface area contributed by atoms with Gasteiger partial charge in [0.2, 0.25) is 0 Å². The highest BCUT2D eigenvalue weighted by Gasteiger charge is 2.46. The van der Waals surface area contributed by atoms with E-state index in [2.05, 4.69) is 4.99 Å². The number of allylic oxidation sites excluding steroid dienone is 1. The molecule has 0 spiro atoms. The molecule has 0 aromatic heterocycles. The summed E-state index contributed by atoms with van der Waals surface area (Å²) < 4.78 is 57.8. The van der Waals surface area contributed by atoms with Crippen LogP contribution >= 0.6 is 0 Å². The number of hydrogen-bond acceptors (Lipinski definition) is 5. The summed E-state index contributed by atoms with van der Waals surface area (Å²) in [5.41, 5.74) is 0.714. The fourth-order valence-electron chi connectivity index (χ4n) is 3.21. The van der Waals surface area contributed by atoms with E-state index in [1.165, 1.54) is 17.2 Å². The van der Waals surface area contributed by atoms with E-state index in [1.54, 1.807) is 24.3 Å². The Kier molecular flexibility index (Phi) is 6.74. The number of likely N-dealkylation sites (tertiary alicyclic amines) is 1. The van der Waals surface area contributed by atoms with Crippen LogP contribution in [-0.2, 0) is 22.2 Å². The molecule has 1 aromatic carbocycles. The molecule has 158 valence electrons. The van der Waals surface area contributed by atoms with Gasteiger partial charge in [0.25, 0.3) is 5.91 Å². The van der Waals surface area contributed by atoms with Gasteiger partial charge in [-0.3, -0.25) is 14.0 Å². The number of ether oxygens (including phenoxy) is 1. The maximum Gasteiger partial charge on any atom is 0.398 e. The van der Waals surface area contributed by atoms with Crippen LogP contribution in [0.3, 0.4) is 0 Å². The van der Waals surface area contributed by atoms with Gasteiger partial charge in [-0.05, 0) is 30.5 Å². The lowest BCUT2D eigenvalue weighted by Crippen LogP contribution is -2.39. The molecule has 3 rings (SSSR count). The summed E-state index contributed by atoms with van der Waals surface area (Å²) in [6.07, 6.45) is -1.87. The van der Waals surface area contributed by atoms with Gasteiger partial charge < -0.3 is 14.7 Å². The second kappa shape index (κ2) is 9.08. The van der Waals surface area contributed by atoms with Crippen molar-refractivity contribution in [3.63, 3.8) is 0 Å². The van der Waals surface area contributed by atoms with Crippen LogP contribution in [0.2, 0.25) is 0 Å². The van der Waals surface area contributed by atoms with Crippen molar-refractivity contribution >= 4 is 21.8 Å². The zero-order valence-corrected chi connectivity index (χ0v) is 16.3. The molecule has 0 saturated carbocycles. The monoisotopic (exact) mass is 430 g/mol. The van der Waals surface area contributed by atoms with Crippen molar-refractivity contribution in [3.05, 3.63) is 42.1 Å². The molecule has 29 heavy (non-hydrogen) atoms. The second-order valence-electron chi connectivity index (χ2n) is 6.82. The van der Waals surface area contributed by atoms with Crippen LogP contribution in [0.5, 0.6) is 5.75 Å². The molecule has 2 heterocycles. The molecule has 6 nitrogen and oxygen atoms in total. The maximum absolute atomic E-state index is 13.2. The van der Waals surface area contributed by atoms with E-state index in [0.29, 0.717) is 24.3 Å². The Morgan fingerprint density at radius 3 is 2.69 bits per heavy atom. The number of carbonyl (C=O) groups is 1. The number of aliphatic imine (C=N–C) groups is 1. The van der Waals surface area contributed by atoms with E-state index in [9.17, 15) is 22.2 Å². The van der Waals surface area contributed by atoms with Gasteiger partial charge in [-0.25, -0.2) is 0 Å². The van der Waals surface area contributed by atoms with Gasteiger partial charge in [-0.15, -0.1) is 0 Å². The lowest BCUT2D eigenvalue weighted by Gasteiger charge is -2.24. The largest absolute Gasteiger partial charge is 0.484 e. The number of halogens is 3. The van der Waals surface area contributed by atoms with Crippen molar-refractivity contribution in [1.29, 1.82) is 0 Å². The highest BCUT2D eigenvalue weighted by molar-refractivity contribution is 8.01. The summed E-state index contributed by atoms with van der Waals surface area (Å²) in [7, 11) is -1.92. The zero-order chi connectivity index (χ0) is 21.0. The second-order valence-corrected chi connectivity index (χ2v) is 8.50. The summed E-state index contributed by atoms with van der Waals surface area (Å²) in [4.78, 5) is 17.6. The average Bonchev–Trinajstić information content (AvgIpc) is 3.21. The van der Waals surface area contributed by atoms with Gasteiger partial charge in [-0.2, -0.15) is 13.2 Å². The first-order valence-electron chi connectivity index (χ1n) is 9.10. The molecule has 1 saturated heterocycles. The summed E-state index contributed by atoms with van der Waals surface area (Å²) in [6, 6.07) is 6.61. The van der Waals surface area contributed by atoms with Crippen LogP contribution in [0.15, 0.2) is 41.5 Å². The third kappa shape index (κ3) is 5.24. The number of amides is 1. The van der Waals surface area contributed by atoms with Gasteiger partial charge in [0, 0.05) is 19.3 Å². The minimum atomic E-state index is -4.51. The minimum Gasteiger partial charge on any atom is -0.484 e. The van der Waals surface area contributed by atoms with Crippen LogP contribution in [0.4, 0.5) is 13.2 Å². The molecule has 1 unspecified atom stereocenters. The maximum atomic E-state index is 13.2. The van der Waals surface area contributed by atoms with Crippen molar-refractivity contribution in [2.24, 2.45) is 10.9 Å². The molecular weight excluding hydrogens is 409 g/mol. The fraction of sp³-hybridized carbons (Fsp3) is 0.474. The molecular formula is C19H21F3N2O4S. The average molecular weight is 430 g/mol. The Balaban J connectivity index is 1.56. The minimum absolute atomic E-state index is 0.0954. The van der Waals surface area contributed by atoms with E-state index in [0.717, 1.165) is 0 Å². The Hall–Kier alpha value is -2.20. The SMILES string of the molecule is O=C(COc1ccc(CO)cc1)N1CC[C@@H]([S@@](=O)C2=NC=CCC2C(F)(F)F)C1. The first-order valence-corrected chi connectivity index (χ1v) is 10.3. The first-order chi connectivity index (χ1) is 13.8. The van der Waals surface area contributed by atoms with Crippen molar-refractivity contribution < 1.29 is 32.0 Å². The first kappa shape index (κ1) is 21.5. The zero-order valence-electron chi connectivity index (χ0n) is 15.5. The molecule has 3 atom stereocenters.